The van der Waals surface area contributed by atoms with Crippen LogP contribution in [0.15, 0.2) is 42.5 Å². The molecule has 0 aliphatic heterocycles. The van der Waals surface area contributed by atoms with Crippen molar-refractivity contribution in [1.29, 1.82) is 5.26 Å². The predicted molar refractivity (Wildman–Crippen MR) is 68.6 cm³/mol. The summed E-state index contributed by atoms with van der Waals surface area (Å²) in [5, 5.41) is 17.8. The van der Waals surface area contributed by atoms with Gasteiger partial charge in [0.15, 0.2) is 0 Å². The first-order chi connectivity index (χ1) is 8.79. The Bertz CT molecular complexity index is 770. The van der Waals surface area contributed by atoms with Crippen molar-refractivity contribution < 1.29 is 0 Å². The van der Waals surface area contributed by atoms with Gasteiger partial charge < -0.3 is 0 Å². The predicted octanol–water partition coefficient (Wildman–Crippen LogP) is 2.95. The summed E-state index contributed by atoms with van der Waals surface area (Å²) >= 11 is 5.88. The number of nitrogens with zero attached hydrogens (tertiary/aromatic N) is 4. The summed E-state index contributed by atoms with van der Waals surface area (Å²) in [6.07, 6.45) is 0. The third-order valence-electron chi connectivity index (χ3n) is 2.66. The highest BCUT2D eigenvalue weighted by molar-refractivity contribution is 6.30. The Balaban J connectivity index is 2.30. The van der Waals surface area contributed by atoms with E-state index in [0.29, 0.717) is 16.3 Å². The minimum absolute atomic E-state index is 0.471. The van der Waals surface area contributed by atoms with Crippen LogP contribution in [-0.4, -0.2) is 15.0 Å². The fraction of sp³-hybridized carbons (Fsp3) is 0. The second kappa shape index (κ2) is 4.13. The van der Waals surface area contributed by atoms with Gasteiger partial charge in [-0.1, -0.05) is 28.9 Å². The molecule has 0 fully saturated rings. The van der Waals surface area contributed by atoms with E-state index in [0.717, 1.165) is 11.0 Å². The maximum Gasteiger partial charge on any atom is 0.113 e. The number of fused-ring (bicyclic) bond motifs is 1. The average Bonchev–Trinajstić information content (AvgIpc) is 2.82. The highest BCUT2D eigenvalue weighted by Gasteiger charge is 2.10. The minimum Gasteiger partial charge on any atom is -0.211 e. The van der Waals surface area contributed by atoms with Crippen LogP contribution in [0.3, 0.4) is 0 Å². The zero-order chi connectivity index (χ0) is 12.5. The SMILES string of the molecule is N#Cc1cc(Cl)ccc1-n1nnc2ccccc21. The fourth-order valence-electron chi connectivity index (χ4n) is 1.83. The molecule has 18 heavy (non-hydrogen) atoms. The van der Waals surface area contributed by atoms with E-state index in [-0.39, 0.29) is 0 Å². The molecule has 0 saturated carbocycles. The zero-order valence-corrected chi connectivity index (χ0v) is 9.96. The van der Waals surface area contributed by atoms with Crippen molar-refractivity contribution in [1.82, 2.24) is 15.0 Å². The highest BCUT2D eigenvalue weighted by atomic mass is 35.5. The van der Waals surface area contributed by atoms with Crippen LogP contribution in [0.5, 0.6) is 0 Å². The van der Waals surface area contributed by atoms with Gasteiger partial charge in [-0.25, -0.2) is 4.68 Å². The summed E-state index contributed by atoms with van der Waals surface area (Å²) in [5.41, 5.74) is 2.79. The summed E-state index contributed by atoms with van der Waals surface area (Å²) in [7, 11) is 0. The zero-order valence-electron chi connectivity index (χ0n) is 9.21. The van der Waals surface area contributed by atoms with Gasteiger partial charge in [-0.3, -0.25) is 0 Å². The van der Waals surface area contributed by atoms with Gasteiger partial charge in [-0.05, 0) is 30.3 Å². The number of nitriles is 1. The lowest BCUT2D eigenvalue weighted by Crippen LogP contribution is -1.99. The van der Waals surface area contributed by atoms with Crippen molar-refractivity contribution in [2.75, 3.05) is 0 Å². The molecule has 2 aromatic carbocycles. The van der Waals surface area contributed by atoms with Crippen molar-refractivity contribution in [2.24, 2.45) is 0 Å². The number of para-hydroxylation sites is 1. The highest BCUT2D eigenvalue weighted by Crippen LogP contribution is 2.21. The number of rotatable bonds is 1. The lowest BCUT2D eigenvalue weighted by molar-refractivity contribution is 0.822. The largest absolute Gasteiger partial charge is 0.211 e. The lowest BCUT2D eigenvalue weighted by atomic mass is 10.2. The van der Waals surface area contributed by atoms with Gasteiger partial charge in [0.2, 0.25) is 0 Å². The molecule has 1 aromatic heterocycles. The van der Waals surface area contributed by atoms with E-state index in [1.807, 2.05) is 24.3 Å². The molecule has 5 heteroatoms. The van der Waals surface area contributed by atoms with Gasteiger partial charge in [-0.15, -0.1) is 5.10 Å². The minimum atomic E-state index is 0.471. The maximum atomic E-state index is 9.14. The third kappa shape index (κ3) is 1.62. The maximum absolute atomic E-state index is 9.14. The number of hydrogen-bond donors (Lipinski definition) is 0. The first-order valence-electron chi connectivity index (χ1n) is 5.30. The third-order valence-corrected chi connectivity index (χ3v) is 2.89. The van der Waals surface area contributed by atoms with Crippen molar-refractivity contribution >= 4 is 22.6 Å². The van der Waals surface area contributed by atoms with Crippen LogP contribution in [0.25, 0.3) is 16.7 Å². The Kier molecular flexibility index (Phi) is 2.47. The number of halogens is 1. The molecule has 0 aliphatic rings. The van der Waals surface area contributed by atoms with Gasteiger partial charge in [0.05, 0.1) is 16.8 Å². The molecule has 3 rings (SSSR count). The monoisotopic (exact) mass is 254 g/mol. The quantitative estimate of drug-likeness (QED) is 0.671. The molecule has 0 spiro atoms. The van der Waals surface area contributed by atoms with Crippen LogP contribution < -0.4 is 0 Å². The van der Waals surface area contributed by atoms with Gasteiger partial charge in [0.1, 0.15) is 11.6 Å². The van der Waals surface area contributed by atoms with Crippen molar-refractivity contribution in [3.05, 3.63) is 53.1 Å². The summed E-state index contributed by atoms with van der Waals surface area (Å²) in [5.74, 6) is 0. The van der Waals surface area contributed by atoms with Gasteiger partial charge in [-0.2, -0.15) is 5.26 Å². The molecule has 0 saturated heterocycles. The van der Waals surface area contributed by atoms with E-state index in [1.54, 1.807) is 22.9 Å². The molecular weight excluding hydrogens is 248 g/mol. The molecule has 0 bridgehead atoms. The second-order valence-corrected chi connectivity index (χ2v) is 4.20. The first kappa shape index (κ1) is 10.8. The fourth-order valence-corrected chi connectivity index (χ4v) is 2.00. The van der Waals surface area contributed by atoms with Gasteiger partial charge >= 0.3 is 0 Å². The van der Waals surface area contributed by atoms with Crippen LogP contribution in [0.1, 0.15) is 5.56 Å². The van der Waals surface area contributed by atoms with E-state index < -0.39 is 0 Å². The molecule has 0 aliphatic carbocycles. The Morgan fingerprint density at radius 3 is 2.83 bits per heavy atom. The molecule has 0 atom stereocenters. The second-order valence-electron chi connectivity index (χ2n) is 3.76. The Hall–Kier alpha value is -2.38. The van der Waals surface area contributed by atoms with Crippen molar-refractivity contribution in [3.63, 3.8) is 0 Å². The van der Waals surface area contributed by atoms with Gasteiger partial charge in [0, 0.05) is 5.02 Å². The Labute approximate surface area is 108 Å². The summed E-state index contributed by atoms with van der Waals surface area (Å²) < 4.78 is 1.64. The summed E-state index contributed by atoms with van der Waals surface area (Å²) in [4.78, 5) is 0. The Morgan fingerprint density at radius 1 is 1.17 bits per heavy atom. The molecular formula is C13H7ClN4. The standard InChI is InChI=1S/C13H7ClN4/c14-10-5-6-12(9(7-10)8-15)18-13-4-2-1-3-11(13)16-17-18/h1-7H. The van der Waals surface area contributed by atoms with Crippen molar-refractivity contribution in [2.45, 2.75) is 0 Å². The van der Waals surface area contributed by atoms with E-state index in [4.69, 9.17) is 16.9 Å². The molecule has 0 N–H and O–H groups in total. The summed E-state index contributed by atoms with van der Waals surface area (Å²) in [6, 6.07) is 14.8. The smallest absolute Gasteiger partial charge is 0.113 e. The average molecular weight is 255 g/mol. The summed E-state index contributed by atoms with van der Waals surface area (Å²) in [6.45, 7) is 0. The van der Waals surface area contributed by atoms with Crippen LogP contribution in [-0.2, 0) is 0 Å². The molecule has 86 valence electrons. The molecule has 3 aromatic rings. The first-order valence-corrected chi connectivity index (χ1v) is 5.68. The van der Waals surface area contributed by atoms with Crippen LogP contribution in [0.4, 0.5) is 0 Å². The number of benzene rings is 2. The topological polar surface area (TPSA) is 54.5 Å². The molecule has 0 unspecified atom stereocenters. The van der Waals surface area contributed by atoms with E-state index in [1.165, 1.54) is 0 Å². The van der Waals surface area contributed by atoms with E-state index in [9.17, 15) is 0 Å². The van der Waals surface area contributed by atoms with E-state index in [2.05, 4.69) is 16.4 Å². The van der Waals surface area contributed by atoms with Gasteiger partial charge in [0.25, 0.3) is 0 Å². The number of aromatic nitrogens is 3. The van der Waals surface area contributed by atoms with Crippen LogP contribution in [0.2, 0.25) is 5.02 Å². The normalized spacial score (nSPS) is 10.4. The van der Waals surface area contributed by atoms with Crippen molar-refractivity contribution in [3.8, 4) is 11.8 Å². The van der Waals surface area contributed by atoms with Crippen LogP contribution >= 0.6 is 11.6 Å². The van der Waals surface area contributed by atoms with E-state index >= 15 is 0 Å². The van der Waals surface area contributed by atoms with Crippen LogP contribution in [0, 0.1) is 11.3 Å². The lowest BCUT2D eigenvalue weighted by Gasteiger charge is -2.04. The molecule has 0 radical (unpaired) electrons. The molecule has 0 amide bonds. The molecule has 1 heterocycles. The molecule has 4 nitrogen and oxygen atoms in total. The Morgan fingerprint density at radius 2 is 2.00 bits per heavy atom. The number of hydrogen-bond acceptors (Lipinski definition) is 3.